The van der Waals surface area contributed by atoms with Crippen molar-refractivity contribution in [3.05, 3.63) is 17.6 Å². The van der Waals surface area contributed by atoms with Gasteiger partial charge in [-0.25, -0.2) is 18.7 Å². The second-order valence-corrected chi connectivity index (χ2v) is 2.97. The third kappa shape index (κ3) is 4.16. The average Bonchev–Trinajstić information content (AvgIpc) is 2.16. The molecule has 0 unspecified atom stereocenters. The summed E-state index contributed by atoms with van der Waals surface area (Å²) < 4.78 is 28.3. The van der Waals surface area contributed by atoms with Crippen molar-refractivity contribution in [2.75, 3.05) is 19.0 Å². The van der Waals surface area contributed by atoms with Crippen molar-refractivity contribution < 1.29 is 13.5 Å². The summed E-state index contributed by atoms with van der Waals surface area (Å²) in [6.45, 7) is 1.21. The highest BCUT2D eigenvalue weighted by Crippen LogP contribution is 2.06. The van der Waals surface area contributed by atoms with Gasteiger partial charge in [-0.2, -0.15) is 0 Å². The summed E-state index contributed by atoms with van der Waals surface area (Å²) in [5.74, 6) is 1.05. The van der Waals surface area contributed by atoms with Gasteiger partial charge in [0.25, 0.3) is 6.43 Å². The van der Waals surface area contributed by atoms with Crippen LogP contribution in [0.5, 0.6) is 0 Å². The average molecular weight is 217 g/mol. The van der Waals surface area contributed by atoms with E-state index in [1.807, 2.05) is 0 Å². The lowest BCUT2D eigenvalue weighted by Crippen LogP contribution is -2.08. The van der Waals surface area contributed by atoms with Crippen molar-refractivity contribution in [3.63, 3.8) is 0 Å². The Kier molecular flexibility index (Phi) is 4.36. The van der Waals surface area contributed by atoms with Gasteiger partial charge in [0.05, 0.1) is 0 Å². The molecule has 1 aromatic heterocycles. The van der Waals surface area contributed by atoms with Gasteiger partial charge in [0.1, 0.15) is 19.0 Å². The third-order valence-electron chi connectivity index (χ3n) is 1.63. The number of alkyl halides is 2. The quantitative estimate of drug-likeness (QED) is 0.813. The molecule has 4 nitrogen and oxygen atoms in total. The molecule has 0 aliphatic heterocycles. The van der Waals surface area contributed by atoms with Gasteiger partial charge < -0.3 is 10.1 Å². The maximum atomic E-state index is 11.8. The minimum absolute atomic E-state index is 0.000694. The standard InChI is InChI=1S/C9H13F2N3O/c1-6-3-8(12-2)14-9(13-6)5-15-4-7(10)11/h3,7H,4-5H2,1-2H3,(H,12,13,14). The third-order valence-corrected chi connectivity index (χ3v) is 1.63. The number of ether oxygens (including phenoxy) is 1. The van der Waals surface area contributed by atoms with Crippen LogP contribution in [0.3, 0.4) is 0 Å². The highest BCUT2D eigenvalue weighted by Gasteiger charge is 2.05. The van der Waals surface area contributed by atoms with Crippen LogP contribution in [0.4, 0.5) is 14.6 Å². The van der Waals surface area contributed by atoms with Crippen molar-refractivity contribution >= 4 is 5.82 Å². The van der Waals surface area contributed by atoms with Gasteiger partial charge in [-0.1, -0.05) is 0 Å². The SMILES string of the molecule is CNc1cc(C)nc(COCC(F)F)n1. The number of hydrogen-bond acceptors (Lipinski definition) is 4. The molecule has 0 spiro atoms. The highest BCUT2D eigenvalue weighted by molar-refractivity contribution is 5.34. The number of nitrogens with one attached hydrogen (secondary N) is 1. The number of rotatable bonds is 5. The number of aromatic nitrogens is 2. The number of halogens is 2. The minimum atomic E-state index is -2.46. The zero-order valence-corrected chi connectivity index (χ0v) is 8.63. The minimum Gasteiger partial charge on any atom is -0.373 e. The van der Waals surface area contributed by atoms with Gasteiger partial charge in [0.2, 0.25) is 0 Å². The molecule has 0 radical (unpaired) electrons. The summed E-state index contributed by atoms with van der Waals surface area (Å²) in [6.07, 6.45) is -2.46. The van der Waals surface area contributed by atoms with E-state index < -0.39 is 13.0 Å². The largest absolute Gasteiger partial charge is 0.373 e. The monoisotopic (exact) mass is 217 g/mol. The fourth-order valence-electron chi connectivity index (χ4n) is 1.06. The maximum absolute atomic E-state index is 11.8. The van der Waals surface area contributed by atoms with E-state index in [2.05, 4.69) is 15.3 Å². The van der Waals surface area contributed by atoms with Crippen LogP contribution >= 0.6 is 0 Å². The molecule has 1 aromatic rings. The van der Waals surface area contributed by atoms with Gasteiger partial charge in [-0.3, -0.25) is 0 Å². The van der Waals surface area contributed by atoms with Crippen LogP contribution in [-0.4, -0.2) is 30.0 Å². The van der Waals surface area contributed by atoms with E-state index in [-0.39, 0.29) is 6.61 Å². The van der Waals surface area contributed by atoms with E-state index in [0.29, 0.717) is 11.6 Å². The zero-order chi connectivity index (χ0) is 11.3. The predicted molar refractivity (Wildman–Crippen MR) is 52.0 cm³/mol. The molecule has 6 heteroatoms. The molecular formula is C9H13F2N3O. The molecule has 1 heterocycles. The smallest absolute Gasteiger partial charge is 0.261 e. The van der Waals surface area contributed by atoms with Crippen LogP contribution in [-0.2, 0) is 11.3 Å². The summed E-state index contributed by atoms with van der Waals surface area (Å²) in [5.41, 5.74) is 0.769. The first kappa shape index (κ1) is 11.8. The fourth-order valence-corrected chi connectivity index (χ4v) is 1.06. The summed E-state index contributed by atoms with van der Waals surface area (Å²) in [6, 6.07) is 1.76. The molecule has 15 heavy (non-hydrogen) atoms. The van der Waals surface area contributed by atoms with Gasteiger partial charge in [0, 0.05) is 18.8 Å². The molecule has 0 aromatic carbocycles. The number of anilines is 1. The second kappa shape index (κ2) is 5.55. The Hall–Kier alpha value is -1.30. The molecule has 1 rings (SSSR count). The van der Waals surface area contributed by atoms with Crippen LogP contribution in [0.25, 0.3) is 0 Å². The lowest BCUT2D eigenvalue weighted by molar-refractivity contribution is 0.00768. The topological polar surface area (TPSA) is 47.0 Å². The van der Waals surface area contributed by atoms with Crippen molar-refractivity contribution in [1.82, 2.24) is 9.97 Å². The Labute approximate surface area is 86.7 Å². The Morgan fingerprint density at radius 2 is 2.20 bits per heavy atom. The fraction of sp³-hybridized carbons (Fsp3) is 0.556. The Morgan fingerprint density at radius 3 is 2.80 bits per heavy atom. The molecule has 1 N–H and O–H groups in total. The van der Waals surface area contributed by atoms with E-state index in [4.69, 9.17) is 4.74 Å². The first-order valence-corrected chi connectivity index (χ1v) is 4.50. The maximum Gasteiger partial charge on any atom is 0.261 e. The zero-order valence-electron chi connectivity index (χ0n) is 8.63. The molecule has 0 fully saturated rings. The summed E-state index contributed by atoms with van der Waals surface area (Å²) >= 11 is 0. The molecular weight excluding hydrogens is 204 g/mol. The Morgan fingerprint density at radius 1 is 1.47 bits per heavy atom. The molecule has 0 bridgehead atoms. The van der Waals surface area contributed by atoms with Crippen molar-refractivity contribution in [2.24, 2.45) is 0 Å². The van der Waals surface area contributed by atoms with Crippen LogP contribution in [0.2, 0.25) is 0 Å². The summed E-state index contributed by atoms with van der Waals surface area (Å²) in [7, 11) is 1.73. The van der Waals surface area contributed by atoms with Crippen molar-refractivity contribution in [3.8, 4) is 0 Å². The highest BCUT2D eigenvalue weighted by atomic mass is 19.3. The van der Waals surface area contributed by atoms with Crippen LogP contribution in [0.15, 0.2) is 6.07 Å². The molecule has 0 atom stereocenters. The van der Waals surface area contributed by atoms with E-state index >= 15 is 0 Å². The van der Waals surface area contributed by atoms with E-state index in [1.54, 1.807) is 20.0 Å². The molecule has 0 amide bonds. The van der Waals surface area contributed by atoms with E-state index in [0.717, 1.165) is 5.69 Å². The molecule has 0 aliphatic carbocycles. The summed E-state index contributed by atoms with van der Waals surface area (Å²) in [4.78, 5) is 8.11. The van der Waals surface area contributed by atoms with Crippen molar-refractivity contribution in [2.45, 2.75) is 20.0 Å². The normalized spacial score (nSPS) is 10.7. The summed E-state index contributed by atoms with van der Waals surface area (Å²) in [5, 5.41) is 2.85. The predicted octanol–water partition coefficient (Wildman–Crippen LogP) is 1.61. The first-order valence-electron chi connectivity index (χ1n) is 4.50. The second-order valence-electron chi connectivity index (χ2n) is 2.97. The lowest BCUT2D eigenvalue weighted by Gasteiger charge is -2.05. The Bertz CT molecular complexity index is 320. The first-order chi connectivity index (χ1) is 7.11. The molecule has 0 aliphatic rings. The number of hydrogen-bond donors (Lipinski definition) is 1. The number of nitrogens with zero attached hydrogens (tertiary/aromatic N) is 2. The van der Waals surface area contributed by atoms with Crippen LogP contribution < -0.4 is 5.32 Å². The van der Waals surface area contributed by atoms with E-state index in [1.165, 1.54) is 0 Å². The van der Waals surface area contributed by atoms with Gasteiger partial charge >= 0.3 is 0 Å². The molecule has 0 saturated heterocycles. The van der Waals surface area contributed by atoms with E-state index in [9.17, 15) is 8.78 Å². The van der Waals surface area contributed by atoms with Gasteiger partial charge in [-0.15, -0.1) is 0 Å². The number of aryl methyl sites for hydroxylation is 1. The molecule has 0 saturated carbocycles. The lowest BCUT2D eigenvalue weighted by atomic mass is 10.4. The van der Waals surface area contributed by atoms with Gasteiger partial charge in [0.15, 0.2) is 5.82 Å². The van der Waals surface area contributed by atoms with Crippen molar-refractivity contribution in [1.29, 1.82) is 0 Å². The Balaban J connectivity index is 2.56. The van der Waals surface area contributed by atoms with Crippen LogP contribution in [0, 0.1) is 6.92 Å². The van der Waals surface area contributed by atoms with Gasteiger partial charge in [-0.05, 0) is 6.92 Å². The van der Waals surface area contributed by atoms with Crippen LogP contribution in [0.1, 0.15) is 11.5 Å². The molecule has 84 valence electrons.